The lowest BCUT2D eigenvalue weighted by molar-refractivity contribution is -0.141. The number of ether oxygens (including phenoxy) is 1. The first-order valence-electron chi connectivity index (χ1n) is 8.22. The van der Waals surface area contributed by atoms with E-state index in [2.05, 4.69) is 52.0 Å². The molecule has 23 heavy (non-hydrogen) atoms. The van der Waals surface area contributed by atoms with Crippen LogP contribution in [0.3, 0.4) is 0 Å². The molecule has 0 N–H and O–H groups in total. The Balaban J connectivity index is 1.75. The first-order valence-corrected chi connectivity index (χ1v) is 8.22. The standard InChI is InChI=1S/C18H25BO4/c1-16(2)17(3,4)23-19(22-16)14-8-6-13(7-9-14)18(10-11-18)12-15(20)21-5/h6-9H,10-12H2,1-5H3. The number of benzene rings is 1. The zero-order chi connectivity index (χ0) is 16.9. The molecule has 3 rings (SSSR count). The van der Waals surface area contributed by atoms with Gasteiger partial charge in [0.05, 0.1) is 24.7 Å². The van der Waals surface area contributed by atoms with E-state index in [1.807, 2.05) is 0 Å². The number of hydrogen-bond donors (Lipinski definition) is 0. The first kappa shape index (κ1) is 16.5. The minimum atomic E-state index is -0.343. The van der Waals surface area contributed by atoms with Gasteiger partial charge in [-0.15, -0.1) is 0 Å². The van der Waals surface area contributed by atoms with Crippen LogP contribution in [0.1, 0.15) is 52.5 Å². The van der Waals surface area contributed by atoms with Crippen molar-refractivity contribution in [2.75, 3.05) is 7.11 Å². The van der Waals surface area contributed by atoms with Crippen molar-refractivity contribution >= 4 is 18.6 Å². The normalized spacial score (nSPS) is 23.6. The molecule has 124 valence electrons. The van der Waals surface area contributed by atoms with Gasteiger partial charge in [-0.2, -0.15) is 0 Å². The molecule has 0 radical (unpaired) electrons. The van der Waals surface area contributed by atoms with E-state index in [4.69, 9.17) is 14.0 Å². The van der Waals surface area contributed by atoms with E-state index >= 15 is 0 Å². The molecule has 0 bridgehead atoms. The topological polar surface area (TPSA) is 44.8 Å². The molecule has 1 saturated carbocycles. The Hall–Kier alpha value is -1.33. The van der Waals surface area contributed by atoms with E-state index in [1.54, 1.807) is 0 Å². The molecule has 0 amide bonds. The maximum absolute atomic E-state index is 11.6. The molecule has 1 aromatic carbocycles. The lowest BCUT2D eigenvalue weighted by Gasteiger charge is -2.32. The van der Waals surface area contributed by atoms with Crippen LogP contribution in [0.5, 0.6) is 0 Å². The highest BCUT2D eigenvalue weighted by Crippen LogP contribution is 2.51. The maximum atomic E-state index is 11.6. The van der Waals surface area contributed by atoms with Crippen molar-refractivity contribution in [3.63, 3.8) is 0 Å². The molecule has 1 aliphatic heterocycles. The number of esters is 1. The van der Waals surface area contributed by atoms with Crippen molar-refractivity contribution in [2.24, 2.45) is 0 Å². The predicted molar refractivity (Wildman–Crippen MR) is 89.7 cm³/mol. The molecule has 4 nitrogen and oxygen atoms in total. The fraction of sp³-hybridized carbons (Fsp3) is 0.611. The van der Waals surface area contributed by atoms with Crippen LogP contribution >= 0.6 is 0 Å². The van der Waals surface area contributed by atoms with Crippen LogP contribution in [0.4, 0.5) is 0 Å². The number of carbonyl (C=O) groups is 1. The van der Waals surface area contributed by atoms with E-state index in [1.165, 1.54) is 12.7 Å². The Kier molecular flexibility index (Phi) is 3.85. The van der Waals surface area contributed by atoms with Gasteiger partial charge < -0.3 is 14.0 Å². The van der Waals surface area contributed by atoms with E-state index < -0.39 is 0 Å². The molecule has 2 fully saturated rings. The zero-order valence-electron chi connectivity index (χ0n) is 14.6. The van der Waals surface area contributed by atoms with E-state index in [9.17, 15) is 4.79 Å². The van der Waals surface area contributed by atoms with Crippen molar-refractivity contribution in [3.8, 4) is 0 Å². The molecule has 1 aromatic rings. The zero-order valence-corrected chi connectivity index (χ0v) is 14.6. The summed E-state index contributed by atoms with van der Waals surface area (Å²) < 4.78 is 17.0. The molecule has 5 heteroatoms. The van der Waals surface area contributed by atoms with E-state index in [0.717, 1.165) is 18.3 Å². The lowest BCUT2D eigenvalue weighted by Crippen LogP contribution is -2.41. The molecule has 1 saturated heterocycles. The number of carbonyl (C=O) groups excluding carboxylic acids is 1. The molecule has 1 aliphatic carbocycles. The summed E-state index contributed by atoms with van der Waals surface area (Å²) >= 11 is 0. The molecule has 2 aliphatic rings. The van der Waals surface area contributed by atoms with Gasteiger partial charge >= 0.3 is 13.1 Å². The Morgan fingerprint density at radius 1 is 1.09 bits per heavy atom. The van der Waals surface area contributed by atoms with Crippen LogP contribution in [0, 0.1) is 0 Å². The predicted octanol–water partition coefficient (Wildman–Crippen LogP) is 2.58. The third kappa shape index (κ3) is 2.92. The van der Waals surface area contributed by atoms with Crippen LogP contribution in [0.15, 0.2) is 24.3 Å². The highest BCUT2D eigenvalue weighted by Gasteiger charge is 2.52. The second kappa shape index (κ2) is 5.35. The molecule has 0 aromatic heterocycles. The van der Waals surface area contributed by atoms with Gasteiger partial charge in [0.2, 0.25) is 0 Å². The highest BCUT2D eigenvalue weighted by molar-refractivity contribution is 6.62. The quantitative estimate of drug-likeness (QED) is 0.633. The van der Waals surface area contributed by atoms with E-state index in [0.29, 0.717) is 6.42 Å². The monoisotopic (exact) mass is 316 g/mol. The number of hydrogen-bond acceptors (Lipinski definition) is 4. The maximum Gasteiger partial charge on any atom is 0.494 e. The van der Waals surface area contributed by atoms with Crippen LogP contribution in [0.2, 0.25) is 0 Å². The average Bonchev–Trinajstić information content (AvgIpc) is 3.22. The minimum Gasteiger partial charge on any atom is -0.469 e. The van der Waals surface area contributed by atoms with Gasteiger partial charge in [0.25, 0.3) is 0 Å². The van der Waals surface area contributed by atoms with Crippen molar-refractivity contribution in [2.45, 2.75) is 63.6 Å². The SMILES string of the molecule is COC(=O)CC1(c2ccc(B3OC(C)(C)C(C)(C)O3)cc2)CC1. The van der Waals surface area contributed by atoms with Crippen LogP contribution in [-0.4, -0.2) is 31.4 Å². The lowest BCUT2D eigenvalue weighted by atomic mass is 9.77. The van der Waals surface area contributed by atoms with Gasteiger partial charge in [0.15, 0.2) is 0 Å². The molecule has 1 heterocycles. The van der Waals surface area contributed by atoms with Gasteiger partial charge in [-0.3, -0.25) is 4.79 Å². The number of rotatable bonds is 4. The third-order valence-corrected chi connectivity index (χ3v) is 5.61. The van der Waals surface area contributed by atoms with Crippen molar-refractivity contribution in [3.05, 3.63) is 29.8 Å². The molecule has 0 spiro atoms. The summed E-state index contributed by atoms with van der Waals surface area (Å²) in [5.41, 5.74) is 1.52. The smallest absolute Gasteiger partial charge is 0.469 e. The summed E-state index contributed by atoms with van der Waals surface area (Å²) in [6.45, 7) is 8.21. The summed E-state index contributed by atoms with van der Waals surface area (Å²) in [7, 11) is 1.10. The Bertz CT molecular complexity index is 586. The first-order chi connectivity index (χ1) is 10.7. The largest absolute Gasteiger partial charge is 0.494 e. The highest BCUT2D eigenvalue weighted by atomic mass is 16.7. The second-order valence-electron chi connectivity index (χ2n) is 7.74. The van der Waals surface area contributed by atoms with E-state index in [-0.39, 0.29) is 29.7 Å². The van der Waals surface area contributed by atoms with Gasteiger partial charge in [-0.25, -0.2) is 0 Å². The second-order valence-corrected chi connectivity index (χ2v) is 7.74. The molecular formula is C18H25BO4. The Labute approximate surface area is 138 Å². The van der Waals surface area contributed by atoms with Crippen molar-refractivity contribution in [1.82, 2.24) is 0 Å². The fourth-order valence-corrected chi connectivity index (χ4v) is 3.04. The minimum absolute atomic E-state index is 0.0262. The summed E-state index contributed by atoms with van der Waals surface area (Å²) in [5, 5.41) is 0. The van der Waals surface area contributed by atoms with Crippen LogP contribution in [-0.2, 0) is 24.3 Å². The van der Waals surface area contributed by atoms with Gasteiger partial charge in [0, 0.05) is 5.41 Å². The molecule has 0 unspecified atom stereocenters. The third-order valence-electron chi connectivity index (χ3n) is 5.61. The van der Waals surface area contributed by atoms with Crippen LogP contribution < -0.4 is 5.46 Å². The average molecular weight is 316 g/mol. The molecular weight excluding hydrogens is 291 g/mol. The summed E-state index contributed by atoms with van der Waals surface area (Å²) in [4.78, 5) is 11.6. The van der Waals surface area contributed by atoms with Crippen molar-refractivity contribution in [1.29, 1.82) is 0 Å². The Morgan fingerprint density at radius 2 is 1.61 bits per heavy atom. The van der Waals surface area contributed by atoms with Gasteiger partial charge in [0.1, 0.15) is 0 Å². The number of methoxy groups -OCH3 is 1. The molecule has 0 atom stereocenters. The van der Waals surface area contributed by atoms with Crippen molar-refractivity contribution < 1.29 is 18.8 Å². The van der Waals surface area contributed by atoms with Gasteiger partial charge in [-0.1, -0.05) is 24.3 Å². The summed E-state index contributed by atoms with van der Waals surface area (Å²) in [5.74, 6) is -0.141. The summed E-state index contributed by atoms with van der Waals surface area (Å²) in [6, 6.07) is 8.29. The Morgan fingerprint density at radius 3 is 2.04 bits per heavy atom. The van der Waals surface area contributed by atoms with Gasteiger partial charge in [-0.05, 0) is 51.6 Å². The van der Waals surface area contributed by atoms with Crippen LogP contribution in [0.25, 0.3) is 0 Å². The fourth-order valence-electron chi connectivity index (χ4n) is 3.04. The summed E-state index contributed by atoms with van der Waals surface area (Å²) in [6.07, 6.45) is 2.54.